The molecule has 0 unspecified atom stereocenters. The van der Waals surface area contributed by atoms with Crippen molar-refractivity contribution in [2.75, 3.05) is 13.1 Å². The van der Waals surface area contributed by atoms with Gasteiger partial charge in [-0.05, 0) is 55.8 Å². The van der Waals surface area contributed by atoms with E-state index in [-0.39, 0.29) is 11.0 Å². The van der Waals surface area contributed by atoms with Crippen LogP contribution in [0.3, 0.4) is 0 Å². The van der Waals surface area contributed by atoms with Gasteiger partial charge >= 0.3 is 0 Å². The molecule has 0 saturated heterocycles. The molecule has 1 rings (SSSR count). The fourth-order valence-electron chi connectivity index (χ4n) is 2.37. The second-order valence-corrected chi connectivity index (χ2v) is 7.47. The van der Waals surface area contributed by atoms with Gasteiger partial charge in [-0.25, -0.2) is 0 Å². The molecule has 0 fully saturated rings. The molecule has 0 aliphatic rings. The lowest BCUT2D eigenvalue weighted by Crippen LogP contribution is -2.41. The van der Waals surface area contributed by atoms with Crippen LogP contribution in [-0.2, 0) is 11.8 Å². The third kappa shape index (κ3) is 5.70. The van der Waals surface area contributed by atoms with E-state index >= 15 is 0 Å². The maximum absolute atomic E-state index is 6.34. The second-order valence-electron chi connectivity index (χ2n) is 7.47. The third-order valence-electron chi connectivity index (χ3n) is 3.62. The standard InChI is InChI=1S/C19H33NO/c1-8-12-20-14-19(6,7)21-17-11-10-15(9-2)13-16(17)18(3,4)5/h10-11,13,20H,8-9,12,14H2,1-7H3. The van der Waals surface area contributed by atoms with Gasteiger partial charge in [0.15, 0.2) is 0 Å². The van der Waals surface area contributed by atoms with Crippen LogP contribution in [0.1, 0.15) is 66.0 Å². The molecule has 0 spiro atoms. The number of rotatable bonds is 7. The highest BCUT2D eigenvalue weighted by Gasteiger charge is 2.25. The molecule has 2 nitrogen and oxygen atoms in total. The van der Waals surface area contributed by atoms with Gasteiger partial charge in [-0.2, -0.15) is 0 Å². The number of ether oxygens (including phenoxy) is 1. The first-order valence-electron chi connectivity index (χ1n) is 8.22. The quantitative estimate of drug-likeness (QED) is 0.735. The van der Waals surface area contributed by atoms with E-state index in [1.165, 1.54) is 11.1 Å². The molecule has 0 aliphatic heterocycles. The summed E-state index contributed by atoms with van der Waals surface area (Å²) in [4.78, 5) is 0. The summed E-state index contributed by atoms with van der Waals surface area (Å²) in [6.45, 7) is 17.3. The minimum Gasteiger partial charge on any atom is -0.486 e. The zero-order valence-electron chi connectivity index (χ0n) is 15.0. The highest BCUT2D eigenvalue weighted by molar-refractivity contribution is 5.42. The minimum absolute atomic E-state index is 0.0907. The summed E-state index contributed by atoms with van der Waals surface area (Å²) in [6.07, 6.45) is 2.21. The van der Waals surface area contributed by atoms with Crippen LogP contribution in [0, 0.1) is 0 Å². The Hall–Kier alpha value is -1.02. The Morgan fingerprint density at radius 1 is 1.05 bits per heavy atom. The van der Waals surface area contributed by atoms with Crippen molar-refractivity contribution < 1.29 is 4.74 Å². The van der Waals surface area contributed by atoms with E-state index in [2.05, 4.69) is 72.0 Å². The Morgan fingerprint density at radius 2 is 1.71 bits per heavy atom. The zero-order chi connectivity index (χ0) is 16.1. The molecule has 2 heteroatoms. The average molecular weight is 291 g/mol. The maximum atomic E-state index is 6.34. The Kier molecular flexibility index (Phi) is 6.27. The molecule has 0 saturated carbocycles. The smallest absolute Gasteiger partial charge is 0.123 e. The van der Waals surface area contributed by atoms with Gasteiger partial charge < -0.3 is 10.1 Å². The molecule has 0 atom stereocenters. The number of aryl methyl sites for hydroxylation is 1. The average Bonchev–Trinajstić information content (AvgIpc) is 2.37. The van der Waals surface area contributed by atoms with Crippen LogP contribution in [-0.4, -0.2) is 18.7 Å². The molecule has 1 N–H and O–H groups in total. The lowest BCUT2D eigenvalue weighted by molar-refractivity contribution is 0.105. The van der Waals surface area contributed by atoms with E-state index in [1.54, 1.807) is 0 Å². The summed E-state index contributed by atoms with van der Waals surface area (Å²) in [5.74, 6) is 1.02. The molecule has 0 bridgehead atoms. The van der Waals surface area contributed by atoms with E-state index in [9.17, 15) is 0 Å². The molecular weight excluding hydrogens is 258 g/mol. The highest BCUT2D eigenvalue weighted by atomic mass is 16.5. The Morgan fingerprint density at radius 3 is 2.24 bits per heavy atom. The normalized spacial score (nSPS) is 12.5. The van der Waals surface area contributed by atoms with Crippen molar-refractivity contribution in [1.82, 2.24) is 5.32 Å². The molecule has 1 aromatic rings. The molecule has 0 heterocycles. The lowest BCUT2D eigenvalue weighted by Gasteiger charge is -2.31. The van der Waals surface area contributed by atoms with Gasteiger partial charge in [0.2, 0.25) is 0 Å². The first-order chi connectivity index (χ1) is 9.69. The zero-order valence-corrected chi connectivity index (χ0v) is 15.0. The summed E-state index contributed by atoms with van der Waals surface area (Å²) < 4.78 is 6.34. The fraction of sp³-hybridized carbons (Fsp3) is 0.684. The summed E-state index contributed by atoms with van der Waals surface area (Å²) in [7, 11) is 0. The van der Waals surface area contributed by atoms with Crippen molar-refractivity contribution in [1.29, 1.82) is 0 Å². The number of hydrogen-bond acceptors (Lipinski definition) is 2. The minimum atomic E-state index is -0.205. The molecule has 0 radical (unpaired) electrons. The first-order valence-corrected chi connectivity index (χ1v) is 8.22. The number of hydrogen-bond donors (Lipinski definition) is 1. The van der Waals surface area contributed by atoms with E-state index < -0.39 is 0 Å². The van der Waals surface area contributed by atoms with E-state index in [0.717, 1.165) is 31.7 Å². The molecule has 1 aromatic carbocycles. The largest absolute Gasteiger partial charge is 0.486 e. The molecule has 0 aromatic heterocycles. The first kappa shape index (κ1) is 18.0. The predicted molar refractivity (Wildman–Crippen MR) is 92.4 cm³/mol. The van der Waals surface area contributed by atoms with Gasteiger partial charge in [0.25, 0.3) is 0 Å². The van der Waals surface area contributed by atoms with Crippen LogP contribution in [0.4, 0.5) is 0 Å². The summed E-state index contributed by atoms with van der Waals surface area (Å²) >= 11 is 0. The SMILES string of the molecule is CCCNCC(C)(C)Oc1ccc(CC)cc1C(C)(C)C. The van der Waals surface area contributed by atoms with Crippen molar-refractivity contribution in [2.24, 2.45) is 0 Å². The van der Waals surface area contributed by atoms with Crippen molar-refractivity contribution in [3.8, 4) is 5.75 Å². The molecule has 120 valence electrons. The Balaban J connectivity index is 2.96. The molecule has 0 aliphatic carbocycles. The van der Waals surface area contributed by atoms with E-state index in [1.807, 2.05) is 0 Å². The number of benzene rings is 1. The third-order valence-corrected chi connectivity index (χ3v) is 3.62. The fourth-order valence-corrected chi connectivity index (χ4v) is 2.37. The van der Waals surface area contributed by atoms with Crippen LogP contribution in [0.5, 0.6) is 5.75 Å². The summed E-state index contributed by atoms with van der Waals surface area (Å²) in [5, 5.41) is 3.45. The molecular formula is C19H33NO. The van der Waals surface area contributed by atoms with Crippen LogP contribution < -0.4 is 10.1 Å². The van der Waals surface area contributed by atoms with Gasteiger partial charge in [-0.1, -0.05) is 46.8 Å². The predicted octanol–water partition coefficient (Wildman–Crippen LogP) is 4.70. The molecule has 21 heavy (non-hydrogen) atoms. The molecule has 0 amide bonds. The van der Waals surface area contributed by atoms with E-state index in [4.69, 9.17) is 4.74 Å². The van der Waals surface area contributed by atoms with Crippen LogP contribution in [0.25, 0.3) is 0 Å². The highest BCUT2D eigenvalue weighted by Crippen LogP contribution is 2.34. The topological polar surface area (TPSA) is 21.3 Å². The van der Waals surface area contributed by atoms with Crippen molar-refractivity contribution in [3.63, 3.8) is 0 Å². The van der Waals surface area contributed by atoms with Gasteiger partial charge in [-0.15, -0.1) is 0 Å². The van der Waals surface area contributed by atoms with Gasteiger partial charge in [0.1, 0.15) is 11.4 Å². The lowest BCUT2D eigenvalue weighted by atomic mass is 9.85. The van der Waals surface area contributed by atoms with Crippen LogP contribution in [0.15, 0.2) is 18.2 Å². The van der Waals surface area contributed by atoms with Gasteiger partial charge in [0.05, 0.1) is 0 Å². The van der Waals surface area contributed by atoms with Crippen molar-refractivity contribution in [3.05, 3.63) is 29.3 Å². The van der Waals surface area contributed by atoms with Crippen molar-refractivity contribution >= 4 is 0 Å². The van der Waals surface area contributed by atoms with Crippen LogP contribution >= 0.6 is 0 Å². The van der Waals surface area contributed by atoms with Gasteiger partial charge in [-0.3, -0.25) is 0 Å². The van der Waals surface area contributed by atoms with Crippen molar-refractivity contribution in [2.45, 2.75) is 72.3 Å². The monoisotopic (exact) mass is 291 g/mol. The van der Waals surface area contributed by atoms with Crippen LogP contribution in [0.2, 0.25) is 0 Å². The number of nitrogens with one attached hydrogen (secondary N) is 1. The summed E-state index contributed by atoms with van der Waals surface area (Å²) in [5.41, 5.74) is 2.55. The summed E-state index contributed by atoms with van der Waals surface area (Å²) in [6, 6.07) is 6.62. The maximum Gasteiger partial charge on any atom is 0.123 e. The Bertz CT molecular complexity index is 443. The second kappa shape index (κ2) is 7.31. The Labute approximate surface area is 131 Å². The van der Waals surface area contributed by atoms with Gasteiger partial charge in [0, 0.05) is 6.54 Å². The van der Waals surface area contributed by atoms with E-state index in [0.29, 0.717) is 0 Å².